The van der Waals surface area contributed by atoms with Gasteiger partial charge < -0.3 is 18.9 Å². The SMILES string of the molecule is CCOC(=O)[C@]1([C@@H](CC)N[S+]([O-])C(C)(C)C)CCCCN(C(=O)OC(C)(C)C)C1. The Hall–Kier alpha value is -0.990. The maximum atomic E-state index is 13.2. The van der Waals surface area contributed by atoms with Crippen LogP contribution in [0.15, 0.2) is 0 Å². The molecule has 0 radical (unpaired) electrons. The van der Waals surface area contributed by atoms with Crippen LogP contribution in [-0.2, 0) is 25.6 Å². The van der Waals surface area contributed by atoms with Crippen LogP contribution in [0.5, 0.6) is 0 Å². The number of carbonyl (C=O) groups excluding carboxylic acids is 2. The van der Waals surface area contributed by atoms with Crippen LogP contribution in [0.1, 0.15) is 81.1 Å². The molecule has 1 N–H and O–H groups in total. The van der Waals surface area contributed by atoms with Gasteiger partial charge in [-0.1, -0.05) is 13.3 Å². The number of rotatable bonds is 6. The number of carbonyl (C=O) groups is 2. The lowest BCUT2D eigenvalue weighted by Crippen LogP contribution is -2.59. The van der Waals surface area contributed by atoms with E-state index in [4.69, 9.17) is 9.47 Å². The third kappa shape index (κ3) is 7.33. The molecular formula is C21H40N2O5S. The van der Waals surface area contributed by atoms with Crippen LogP contribution in [0.25, 0.3) is 0 Å². The monoisotopic (exact) mass is 432 g/mol. The Morgan fingerprint density at radius 1 is 1.17 bits per heavy atom. The summed E-state index contributed by atoms with van der Waals surface area (Å²) in [5.41, 5.74) is -1.59. The van der Waals surface area contributed by atoms with Crippen molar-refractivity contribution in [2.75, 3.05) is 19.7 Å². The Bertz CT molecular complexity index is 558. The number of ether oxygens (including phenoxy) is 2. The molecule has 1 unspecified atom stereocenters. The minimum absolute atomic E-state index is 0.188. The van der Waals surface area contributed by atoms with Crippen LogP contribution in [0.3, 0.4) is 0 Å². The third-order valence-corrected chi connectivity index (χ3v) is 6.60. The van der Waals surface area contributed by atoms with E-state index in [9.17, 15) is 14.1 Å². The molecule has 0 aromatic carbocycles. The van der Waals surface area contributed by atoms with Crippen molar-refractivity contribution in [2.24, 2.45) is 5.41 Å². The van der Waals surface area contributed by atoms with E-state index in [1.807, 2.05) is 48.5 Å². The number of hydrogen-bond acceptors (Lipinski definition) is 6. The summed E-state index contributed by atoms with van der Waals surface area (Å²) in [5.74, 6) is -0.347. The second-order valence-electron chi connectivity index (χ2n) is 9.70. The average molecular weight is 433 g/mol. The Balaban J connectivity index is 3.27. The Kier molecular flexibility index (Phi) is 9.30. The number of amides is 1. The highest BCUT2D eigenvalue weighted by molar-refractivity contribution is 7.90. The van der Waals surface area contributed by atoms with Gasteiger partial charge in [0.25, 0.3) is 0 Å². The van der Waals surface area contributed by atoms with Crippen molar-refractivity contribution in [2.45, 2.75) is 97.5 Å². The molecule has 1 saturated heterocycles. The molecule has 0 aromatic heterocycles. The molecule has 0 saturated carbocycles. The van der Waals surface area contributed by atoms with Gasteiger partial charge in [0.1, 0.15) is 15.8 Å². The molecule has 29 heavy (non-hydrogen) atoms. The van der Waals surface area contributed by atoms with E-state index >= 15 is 0 Å². The van der Waals surface area contributed by atoms with Gasteiger partial charge in [0.2, 0.25) is 0 Å². The molecule has 0 spiro atoms. The summed E-state index contributed by atoms with van der Waals surface area (Å²) < 4.78 is 26.6. The molecule has 1 rings (SSSR count). The molecule has 1 aliphatic rings. The van der Waals surface area contributed by atoms with Crippen molar-refractivity contribution >= 4 is 23.4 Å². The highest BCUT2D eigenvalue weighted by Crippen LogP contribution is 2.37. The van der Waals surface area contributed by atoms with Crippen molar-refractivity contribution < 1.29 is 23.6 Å². The van der Waals surface area contributed by atoms with Crippen molar-refractivity contribution in [3.63, 3.8) is 0 Å². The topological polar surface area (TPSA) is 90.9 Å². The fourth-order valence-electron chi connectivity index (χ4n) is 3.49. The van der Waals surface area contributed by atoms with E-state index in [2.05, 4.69) is 4.72 Å². The van der Waals surface area contributed by atoms with Crippen LogP contribution in [0, 0.1) is 5.41 Å². The Morgan fingerprint density at radius 3 is 2.28 bits per heavy atom. The van der Waals surface area contributed by atoms with Crippen LogP contribution >= 0.6 is 0 Å². The lowest BCUT2D eigenvalue weighted by molar-refractivity contribution is -0.158. The van der Waals surface area contributed by atoms with E-state index in [0.29, 0.717) is 19.4 Å². The van der Waals surface area contributed by atoms with E-state index in [1.54, 1.807) is 11.8 Å². The number of nitrogens with zero attached hydrogens (tertiary/aromatic N) is 1. The number of esters is 1. The summed E-state index contributed by atoms with van der Waals surface area (Å²) in [4.78, 5) is 27.6. The van der Waals surface area contributed by atoms with E-state index in [-0.39, 0.29) is 25.2 Å². The minimum Gasteiger partial charge on any atom is -0.598 e. The first-order chi connectivity index (χ1) is 13.3. The van der Waals surface area contributed by atoms with Gasteiger partial charge in [-0.2, -0.15) is 0 Å². The molecular weight excluding hydrogens is 392 g/mol. The molecule has 1 heterocycles. The van der Waals surface area contributed by atoms with Crippen LogP contribution in [0.4, 0.5) is 4.79 Å². The summed E-state index contributed by atoms with van der Waals surface area (Å²) in [6.07, 6.45) is 2.28. The van der Waals surface area contributed by atoms with Gasteiger partial charge in [0.05, 0.1) is 12.6 Å². The zero-order valence-electron chi connectivity index (χ0n) is 19.4. The predicted molar refractivity (Wildman–Crippen MR) is 116 cm³/mol. The van der Waals surface area contributed by atoms with Gasteiger partial charge in [-0.15, -0.1) is 4.72 Å². The summed E-state index contributed by atoms with van der Waals surface area (Å²) in [5, 5.41) is 0. The standard InChI is InChI=1S/C21H40N2O5S/c1-9-16(22-29(26)20(6,7)8)21(17(24)27-10-2)13-11-12-14-23(15-21)18(25)28-19(3,4)5/h16,22H,9-15H2,1-8H3/t16-,21-,29?/m1/s1. The van der Waals surface area contributed by atoms with Crippen LogP contribution in [-0.4, -0.2) is 57.6 Å². The number of likely N-dealkylation sites (tertiary alicyclic amines) is 1. The van der Waals surface area contributed by atoms with Gasteiger partial charge in [-0.05, 0) is 67.7 Å². The largest absolute Gasteiger partial charge is 0.598 e. The van der Waals surface area contributed by atoms with Gasteiger partial charge in [-0.25, -0.2) is 4.79 Å². The molecule has 0 aromatic rings. The smallest absolute Gasteiger partial charge is 0.410 e. The number of nitrogens with one attached hydrogen (secondary N) is 1. The van der Waals surface area contributed by atoms with E-state index in [1.165, 1.54) is 0 Å². The van der Waals surface area contributed by atoms with E-state index in [0.717, 1.165) is 12.8 Å². The Labute approximate surface area is 179 Å². The summed E-state index contributed by atoms with van der Waals surface area (Å²) in [6.45, 7) is 15.8. The fourth-order valence-corrected chi connectivity index (χ4v) is 4.49. The van der Waals surface area contributed by atoms with Crippen LogP contribution in [0.2, 0.25) is 0 Å². The molecule has 0 aliphatic carbocycles. The molecule has 8 heteroatoms. The zero-order chi connectivity index (χ0) is 22.5. The first kappa shape index (κ1) is 26.0. The second kappa shape index (κ2) is 10.4. The maximum Gasteiger partial charge on any atom is 0.410 e. The van der Waals surface area contributed by atoms with Gasteiger partial charge in [0, 0.05) is 24.5 Å². The quantitative estimate of drug-likeness (QED) is 0.507. The fraction of sp³-hybridized carbons (Fsp3) is 0.905. The first-order valence-corrected chi connectivity index (χ1v) is 11.7. The zero-order valence-corrected chi connectivity index (χ0v) is 20.2. The minimum atomic E-state index is -1.35. The summed E-state index contributed by atoms with van der Waals surface area (Å²) in [6, 6.07) is -0.385. The third-order valence-electron chi connectivity index (χ3n) is 4.99. The highest BCUT2D eigenvalue weighted by Gasteiger charge is 2.51. The first-order valence-electron chi connectivity index (χ1n) is 10.6. The van der Waals surface area contributed by atoms with Gasteiger partial charge >= 0.3 is 12.1 Å². The Morgan fingerprint density at radius 2 is 1.79 bits per heavy atom. The predicted octanol–water partition coefficient (Wildman–Crippen LogP) is 3.79. The molecule has 7 nitrogen and oxygen atoms in total. The lowest BCUT2D eigenvalue weighted by atomic mass is 9.75. The normalized spacial score (nSPS) is 23.1. The van der Waals surface area contributed by atoms with Crippen molar-refractivity contribution in [1.82, 2.24) is 9.62 Å². The van der Waals surface area contributed by atoms with E-state index < -0.39 is 33.2 Å². The summed E-state index contributed by atoms with van der Waals surface area (Å²) >= 11 is -1.35. The molecule has 1 fully saturated rings. The molecule has 3 atom stereocenters. The molecule has 170 valence electrons. The molecule has 1 amide bonds. The van der Waals surface area contributed by atoms with Crippen molar-refractivity contribution in [1.29, 1.82) is 0 Å². The molecule has 0 bridgehead atoms. The van der Waals surface area contributed by atoms with Gasteiger partial charge in [0.15, 0.2) is 0 Å². The highest BCUT2D eigenvalue weighted by atomic mass is 32.2. The van der Waals surface area contributed by atoms with Gasteiger partial charge in [-0.3, -0.25) is 4.79 Å². The second-order valence-corrected chi connectivity index (χ2v) is 11.7. The van der Waals surface area contributed by atoms with Crippen molar-refractivity contribution in [3.8, 4) is 0 Å². The lowest BCUT2D eigenvalue weighted by Gasteiger charge is -2.41. The van der Waals surface area contributed by atoms with Crippen LogP contribution < -0.4 is 4.72 Å². The maximum absolute atomic E-state index is 13.2. The molecule has 1 aliphatic heterocycles. The van der Waals surface area contributed by atoms with Crippen molar-refractivity contribution in [3.05, 3.63) is 0 Å². The summed E-state index contributed by atoms with van der Waals surface area (Å²) in [7, 11) is 0. The average Bonchev–Trinajstić information content (AvgIpc) is 2.81. The number of hydrogen-bond donors (Lipinski definition) is 1.